The first-order chi connectivity index (χ1) is 6.61. The number of nitrogens with one attached hydrogen (secondary N) is 1. The van der Waals surface area contributed by atoms with Gasteiger partial charge in [-0.3, -0.25) is 0 Å². The highest BCUT2D eigenvalue weighted by atomic mass is 16.5. The Bertz CT molecular complexity index is 203. The molecular weight excluding hydrogens is 186 g/mol. The second-order valence-corrected chi connectivity index (χ2v) is 2.94. The van der Waals surface area contributed by atoms with Crippen molar-refractivity contribution in [3.05, 3.63) is 11.6 Å². The van der Waals surface area contributed by atoms with Crippen molar-refractivity contribution < 1.29 is 19.7 Å². The summed E-state index contributed by atoms with van der Waals surface area (Å²) in [6.07, 6.45) is 1.56. The molecule has 0 spiro atoms. The Hall–Kier alpha value is -0.910. The Labute approximate surface area is 83.4 Å². The molecule has 0 aromatic carbocycles. The van der Waals surface area contributed by atoms with Gasteiger partial charge in [0.25, 0.3) is 0 Å². The number of rotatable bonds is 7. The Morgan fingerprint density at radius 3 is 2.71 bits per heavy atom. The first-order valence-electron chi connectivity index (χ1n) is 4.35. The number of methoxy groups -OCH3 is 1. The largest absolute Gasteiger partial charge is 0.478 e. The number of aliphatic carboxylic acids is 1. The maximum Gasteiger partial charge on any atom is 0.330 e. The molecule has 14 heavy (non-hydrogen) atoms. The van der Waals surface area contributed by atoms with Crippen molar-refractivity contribution in [1.82, 2.24) is 5.32 Å². The van der Waals surface area contributed by atoms with E-state index in [0.29, 0.717) is 13.2 Å². The zero-order valence-corrected chi connectivity index (χ0v) is 8.49. The minimum atomic E-state index is -0.931. The number of aliphatic hydroxyl groups excluding tert-OH is 1. The fourth-order valence-corrected chi connectivity index (χ4v) is 0.843. The van der Waals surface area contributed by atoms with Gasteiger partial charge in [0.05, 0.1) is 19.3 Å². The zero-order valence-electron chi connectivity index (χ0n) is 8.49. The number of carboxylic acids is 1. The molecule has 0 bridgehead atoms. The molecule has 0 fully saturated rings. The van der Waals surface area contributed by atoms with Crippen LogP contribution in [0.1, 0.15) is 6.92 Å². The standard InChI is InChI=1S/C9H17NO4/c1-7(9(12)13)3-4-10-8(5-11)6-14-2/h3,8,10-11H,4-6H2,1-2H3,(H,12,13)/b7-3-. The van der Waals surface area contributed by atoms with Crippen molar-refractivity contribution in [2.24, 2.45) is 0 Å². The van der Waals surface area contributed by atoms with Gasteiger partial charge in [-0.2, -0.15) is 0 Å². The van der Waals surface area contributed by atoms with E-state index in [2.05, 4.69) is 5.32 Å². The summed E-state index contributed by atoms with van der Waals surface area (Å²) >= 11 is 0. The first kappa shape index (κ1) is 13.1. The highest BCUT2D eigenvalue weighted by molar-refractivity contribution is 5.85. The summed E-state index contributed by atoms with van der Waals surface area (Å²) in [4.78, 5) is 10.4. The van der Waals surface area contributed by atoms with E-state index in [1.54, 1.807) is 13.2 Å². The Morgan fingerprint density at radius 1 is 1.64 bits per heavy atom. The van der Waals surface area contributed by atoms with Crippen molar-refractivity contribution in [3.63, 3.8) is 0 Å². The van der Waals surface area contributed by atoms with Crippen molar-refractivity contribution in [3.8, 4) is 0 Å². The molecule has 0 saturated carbocycles. The normalized spacial score (nSPS) is 14.1. The molecule has 82 valence electrons. The quantitative estimate of drug-likeness (QED) is 0.491. The van der Waals surface area contributed by atoms with Crippen molar-refractivity contribution in [2.45, 2.75) is 13.0 Å². The van der Waals surface area contributed by atoms with Crippen molar-refractivity contribution in [2.75, 3.05) is 26.9 Å². The predicted molar refractivity (Wildman–Crippen MR) is 52.1 cm³/mol. The molecule has 0 amide bonds. The number of aliphatic hydroxyl groups is 1. The molecule has 0 saturated heterocycles. The van der Waals surface area contributed by atoms with Gasteiger partial charge >= 0.3 is 5.97 Å². The molecule has 5 nitrogen and oxygen atoms in total. The van der Waals surface area contributed by atoms with Crippen molar-refractivity contribution >= 4 is 5.97 Å². The minimum Gasteiger partial charge on any atom is -0.478 e. The predicted octanol–water partition coefficient (Wildman–Crippen LogP) is -0.386. The van der Waals surface area contributed by atoms with Gasteiger partial charge < -0.3 is 20.3 Å². The Morgan fingerprint density at radius 2 is 2.29 bits per heavy atom. The van der Waals surface area contributed by atoms with Crippen molar-refractivity contribution in [1.29, 1.82) is 0 Å². The zero-order chi connectivity index (χ0) is 11.0. The second kappa shape index (κ2) is 7.49. The summed E-state index contributed by atoms with van der Waals surface area (Å²) in [6.45, 7) is 2.30. The van der Waals surface area contributed by atoms with Crippen LogP contribution in [-0.2, 0) is 9.53 Å². The van der Waals surface area contributed by atoms with Gasteiger partial charge in [0.15, 0.2) is 0 Å². The van der Waals surface area contributed by atoms with E-state index < -0.39 is 5.97 Å². The number of hydrogen-bond acceptors (Lipinski definition) is 4. The monoisotopic (exact) mass is 203 g/mol. The van der Waals surface area contributed by atoms with Crippen LogP contribution in [0.5, 0.6) is 0 Å². The van der Waals surface area contributed by atoms with Crippen LogP contribution in [0.15, 0.2) is 11.6 Å². The molecule has 3 N–H and O–H groups in total. The molecule has 5 heteroatoms. The van der Waals surface area contributed by atoms with Crippen LogP contribution in [0.4, 0.5) is 0 Å². The summed E-state index contributed by atoms with van der Waals surface area (Å²) in [5, 5.41) is 20.3. The SMILES string of the molecule is COCC(CO)NC/C=C(/C)C(=O)O. The highest BCUT2D eigenvalue weighted by Gasteiger charge is 2.04. The fraction of sp³-hybridized carbons (Fsp3) is 0.667. The van der Waals surface area contributed by atoms with E-state index in [1.165, 1.54) is 6.92 Å². The molecule has 0 heterocycles. The lowest BCUT2D eigenvalue weighted by molar-refractivity contribution is -0.132. The maximum atomic E-state index is 10.4. The van der Waals surface area contributed by atoms with Crippen LogP contribution in [0.25, 0.3) is 0 Å². The molecular formula is C9H17NO4. The summed E-state index contributed by atoms with van der Waals surface area (Å²) < 4.78 is 4.84. The topological polar surface area (TPSA) is 78.8 Å². The Balaban J connectivity index is 3.80. The lowest BCUT2D eigenvalue weighted by atomic mass is 10.2. The number of ether oxygens (including phenoxy) is 1. The van der Waals surface area contributed by atoms with Gasteiger partial charge in [-0.1, -0.05) is 6.08 Å². The summed E-state index contributed by atoms with van der Waals surface area (Å²) in [5.74, 6) is -0.931. The molecule has 0 aromatic rings. The van der Waals surface area contributed by atoms with Gasteiger partial charge in [0.2, 0.25) is 0 Å². The van der Waals surface area contributed by atoms with Gasteiger partial charge in [-0.05, 0) is 6.92 Å². The van der Waals surface area contributed by atoms with Crippen LogP contribution in [0, 0.1) is 0 Å². The lowest BCUT2D eigenvalue weighted by Gasteiger charge is -2.13. The highest BCUT2D eigenvalue weighted by Crippen LogP contribution is 1.91. The minimum absolute atomic E-state index is 0.0339. The van der Waals surface area contributed by atoms with E-state index in [0.717, 1.165) is 0 Å². The molecule has 1 atom stereocenters. The third-order valence-corrected chi connectivity index (χ3v) is 1.74. The summed E-state index contributed by atoms with van der Waals surface area (Å²) in [7, 11) is 1.54. The fourth-order valence-electron chi connectivity index (χ4n) is 0.843. The molecule has 0 aromatic heterocycles. The van der Waals surface area contributed by atoms with Crippen LogP contribution < -0.4 is 5.32 Å². The molecule has 0 aliphatic heterocycles. The summed E-state index contributed by atoms with van der Waals surface area (Å²) in [6, 6.07) is -0.155. The van der Waals surface area contributed by atoms with E-state index in [-0.39, 0.29) is 18.2 Å². The van der Waals surface area contributed by atoms with E-state index in [4.69, 9.17) is 14.9 Å². The van der Waals surface area contributed by atoms with Crippen LogP contribution in [0.3, 0.4) is 0 Å². The van der Waals surface area contributed by atoms with Gasteiger partial charge in [0, 0.05) is 19.2 Å². The molecule has 0 aliphatic carbocycles. The Kier molecular flexibility index (Phi) is 7.00. The molecule has 0 aliphatic rings. The molecule has 1 unspecified atom stereocenters. The third-order valence-electron chi connectivity index (χ3n) is 1.74. The number of carbonyl (C=O) groups is 1. The van der Waals surface area contributed by atoms with Crippen LogP contribution in [0.2, 0.25) is 0 Å². The number of hydrogen-bond donors (Lipinski definition) is 3. The average molecular weight is 203 g/mol. The van der Waals surface area contributed by atoms with Gasteiger partial charge in [0.1, 0.15) is 0 Å². The lowest BCUT2D eigenvalue weighted by Crippen LogP contribution is -2.36. The number of carboxylic acid groups (broad SMARTS) is 1. The first-order valence-corrected chi connectivity index (χ1v) is 4.35. The smallest absolute Gasteiger partial charge is 0.330 e. The third kappa shape index (κ3) is 5.69. The average Bonchev–Trinajstić information content (AvgIpc) is 2.16. The van der Waals surface area contributed by atoms with Crippen LogP contribution >= 0.6 is 0 Å². The van der Waals surface area contributed by atoms with Gasteiger partial charge in [-0.25, -0.2) is 4.79 Å². The maximum absolute atomic E-state index is 10.4. The van der Waals surface area contributed by atoms with E-state index in [1.807, 2.05) is 0 Å². The van der Waals surface area contributed by atoms with E-state index >= 15 is 0 Å². The van der Waals surface area contributed by atoms with Crippen LogP contribution in [-0.4, -0.2) is 49.1 Å². The second-order valence-electron chi connectivity index (χ2n) is 2.94. The van der Waals surface area contributed by atoms with E-state index in [9.17, 15) is 4.79 Å². The molecule has 0 radical (unpaired) electrons. The van der Waals surface area contributed by atoms with Gasteiger partial charge in [-0.15, -0.1) is 0 Å². The summed E-state index contributed by atoms with van der Waals surface area (Å²) in [5.41, 5.74) is 0.284. The molecule has 0 rings (SSSR count).